The van der Waals surface area contributed by atoms with Gasteiger partial charge in [0.15, 0.2) is 25.5 Å². The van der Waals surface area contributed by atoms with Gasteiger partial charge in [-0.1, -0.05) is 35.8 Å². The van der Waals surface area contributed by atoms with E-state index in [4.69, 9.17) is 33.3 Å². The van der Waals surface area contributed by atoms with Gasteiger partial charge in [0.1, 0.15) is 93.1 Å². The van der Waals surface area contributed by atoms with E-state index in [9.17, 15) is 109 Å². The zero-order valence-corrected chi connectivity index (χ0v) is 58.6. The van der Waals surface area contributed by atoms with Crippen molar-refractivity contribution in [1.29, 1.82) is 0 Å². The van der Waals surface area contributed by atoms with Crippen LogP contribution in [0, 0.1) is 5.41 Å². The van der Waals surface area contributed by atoms with Crippen molar-refractivity contribution in [2.45, 2.75) is 187 Å². The molecule has 23 N–H and O–H groups in total. The van der Waals surface area contributed by atoms with E-state index in [-0.39, 0.29) is 68.8 Å². The van der Waals surface area contributed by atoms with Gasteiger partial charge in [-0.15, -0.1) is 0 Å². The number of rotatable bonds is 44. The highest BCUT2D eigenvalue weighted by Gasteiger charge is 2.47. The smallest absolute Gasteiger partial charge is 0.315 e. The number of nitrogens with zero attached hydrogens (tertiary/aromatic N) is 1. The number of carbonyl (C=O) groups excluding carboxylic acids is 10. The van der Waals surface area contributed by atoms with E-state index < -0.39 is 236 Å². The van der Waals surface area contributed by atoms with Crippen LogP contribution >= 0.6 is 11.8 Å². The molecule has 5 heterocycles. The van der Waals surface area contributed by atoms with E-state index in [1.165, 1.54) is 6.92 Å². The molecule has 19 atom stereocenters. The third-order valence-electron chi connectivity index (χ3n) is 17.6. The van der Waals surface area contributed by atoms with Gasteiger partial charge in [-0.25, -0.2) is 4.79 Å². The topological polar surface area (TPSA) is 623 Å². The predicted octanol–water partition coefficient (Wildman–Crippen LogP) is -10.8. The summed E-state index contributed by atoms with van der Waals surface area (Å²) in [6.45, 7) is -5.85. The fourth-order valence-electron chi connectivity index (χ4n) is 11.2. The van der Waals surface area contributed by atoms with Crippen molar-refractivity contribution in [1.82, 2.24) is 58.5 Å². The minimum atomic E-state index is -1.81. The lowest BCUT2D eigenvalue weighted by atomic mass is 9.86. The summed E-state index contributed by atoms with van der Waals surface area (Å²) in [5, 5.41) is 153. The molecule has 105 heavy (non-hydrogen) atoms. The molecule has 0 saturated carbocycles. The van der Waals surface area contributed by atoms with Gasteiger partial charge in [0.05, 0.1) is 37.6 Å². The third-order valence-corrected chi connectivity index (χ3v) is 19.1. The molecule has 1 unspecified atom stereocenters. The number of hydrogen-bond acceptors (Lipinski definition) is 31. The minimum absolute atomic E-state index is 0.0181. The van der Waals surface area contributed by atoms with Crippen LogP contribution in [0.4, 0.5) is 4.79 Å². The van der Waals surface area contributed by atoms with Gasteiger partial charge in [0.2, 0.25) is 47.3 Å². The fourth-order valence-corrected chi connectivity index (χ4v) is 12.7. The Labute approximate surface area is 606 Å². The highest BCUT2D eigenvalue weighted by Crippen LogP contribution is 2.33. The maximum absolute atomic E-state index is 13.7. The largest absolute Gasteiger partial charge is 0.394 e. The maximum atomic E-state index is 13.7. The second-order valence-corrected chi connectivity index (χ2v) is 27.0. The van der Waals surface area contributed by atoms with Crippen molar-refractivity contribution in [3.8, 4) is 0 Å². The molecule has 0 aliphatic carbocycles. The third kappa shape index (κ3) is 28.5. The van der Waals surface area contributed by atoms with Crippen LogP contribution in [0.25, 0.3) is 0 Å². The van der Waals surface area contributed by atoms with Crippen molar-refractivity contribution >= 4 is 76.7 Å². The molecule has 1 aromatic rings. The van der Waals surface area contributed by atoms with Gasteiger partial charge >= 0.3 is 6.03 Å². The van der Waals surface area contributed by atoms with E-state index in [1.807, 2.05) is 23.9 Å². The molecule has 1 aromatic carbocycles. The second-order valence-electron chi connectivity index (χ2n) is 25.8. The van der Waals surface area contributed by atoms with Crippen LogP contribution in [0.3, 0.4) is 0 Å². The Morgan fingerprint density at radius 2 is 0.838 bits per heavy atom. The van der Waals surface area contributed by atoms with Crippen LogP contribution in [0.5, 0.6) is 0 Å². The molecule has 41 nitrogen and oxygen atoms in total. The highest BCUT2D eigenvalue weighted by molar-refractivity contribution is 8.00. The number of oxime groups is 1. The number of aliphatic hydroxyl groups is 12. The first-order valence-corrected chi connectivity index (χ1v) is 35.3. The molecule has 5 aliphatic heterocycles. The average molecular weight is 1520 g/mol. The van der Waals surface area contributed by atoms with E-state index in [0.29, 0.717) is 18.2 Å². The van der Waals surface area contributed by atoms with Crippen molar-refractivity contribution in [3.63, 3.8) is 0 Å². The van der Waals surface area contributed by atoms with E-state index >= 15 is 0 Å². The second kappa shape index (κ2) is 44.2. The lowest BCUT2D eigenvalue weighted by molar-refractivity contribution is -0.299. The SMILES string of the molecule is C/C(CCC(=O)NCC(CNC(=O)CCNC(=O)CO[C@H]1O[C@H](CO)[C@@H](O)[C@H](O)[C@@H]1O)(CNC(=O)CCNC(=O)CO[C@@H]1O[C@H](CO)[C@@H](O)[C@H](O)[C@H]1O)CNC(=O)CCNC(=O)CO[C@@H]1O[C@H](CO)[C@H](O)[C@H](O)[C@H]1O)=N\OCC(=O)NCc1ccc(CNC(=O)CCCC[C@@H]2SC[C@@H]3NC(=O)N[C@@H]32)cc1. The summed E-state index contributed by atoms with van der Waals surface area (Å²) < 4.78 is 31.4. The quantitative estimate of drug-likeness (QED) is 0.0125. The molecular formula is C63H100N12O29S. The van der Waals surface area contributed by atoms with Crippen LogP contribution in [-0.4, -0.2) is 333 Å². The summed E-state index contributed by atoms with van der Waals surface area (Å²) in [6, 6.07) is 7.39. The molecule has 42 heteroatoms. The Kier molecular flexibility index (Phi) is 36.5. The van der Waals surface area contributed by atoms with Crippen molar-refractivity contribution < 1.29 is 142 Å². The van der Waals surface area contributed by atoms with Gasteiger partial charge in [-0.3, -0.25) is 43.2 Å². The normalized spacial score (nSPS) is 28.4. The van der Waals surface area contributed by atoms with Crippen LogP contribution in [0.1, 0.15) is 75.8 Å². The molecule has 5 aliphatic rings. The standard InChI is InChI=1S/C63H100N12O29S/c1-32(75-101-26-48(87)68-19-34-9-7-33(8-10-34)18-67-40(79)5-3-2-4-39-49-35(27-105-39)73-62(97)74-49)6-11-41(80)69-28-63(29-70-42(81)12-15-64-45(84)23-98-59-56(94)53(91)50(88)36(20-76)102-59,30-71-43(82)13-16-65-46(85)24-99-60-57(95)54(92)51(89)37(21-77)103-60)31-72-44(83)14-17-66-47(86)25-100-61-58(96)55(93)52(90)38(22-78)104-61/h7-10,35-39,49-61,76-78,88-96H,2-6,11-31H2,1H3,(H,64,84)(H,65,85)(H,66,86)(H,67,79)(H,68,87)(H,69,80)(H,70,81)(H,71,82)(H,72,83)(H2,73,74,97)/b75-32+/t35-,36+,37+,38+,39-,49-,50-,51+,52+,53-,54-,55-,56+,57-,58+,59+,60-,61+,63?/m0/s1. The monoisotopic (exact) mass is 1520 g/mol. The number of thioether (sulfide) groups is 1. The minimum Gasteiger partial charge on any atom is -0.394 e. The summed E-state index contributed by atoms with van der Waals surface area (Å²) >= 11 is 1.83. The molecule has 0 spiro atoms. The number of fused-ring (bicyclic) bond motifs is 1. The first-order chi connectivity index (χ1) is 50.1. The zero-order valence-electron chi connectivity index (χ0n) is 57.7. The number of carbonyl (C=O) groups is 10. The van der Waals surface area contributed by atoms with Gasteiger partial charge in [0, 0.05) is 107 Å². The Morgan fingerprint density at radius 1 is 0.467 bits per heavy atom. The number of ether oxygens (including phenoxy) is 6. The molecule has 0 aromatic heterocycles. The maximum Gasteiger partial charge on any atom is 0.315 e. The molecule has 5 saturated heterocycles. The van der Waals surface area contributed by atoms with Gasteiger partial charge < -0.3 is 153 Å². The number of nitrogens with one attached hydrogen (secondary N) is 11. The molecule has 0 bridgehead atoms. The molecule has 11 amide bonds. The van der Waals surface area contributed by atoms with Crippen LogP contribution in [-0.2, 0) is 89.5 Å². The predicted molar refractivity (Wildman–Crippen MR) is 359 cm³/mol. The summed E-state index contributed by atoms with van der Waals surface area (Å²) in [7, 11) is 0. The van der Waals surface area contributed by atoms with Crippen molar-refractivity contribution in [2.24, 2.45) is 10.6 Å². The van der Waals surface area contributed by atoms with E-state index in [1.54, 1.807) is 12.1 Å². The zero-order chi connectivity index (χ0) is 76.8. The average Bonchev–Trinajstić information content (AvgIpc) is 1.52. The number of aliphatic hydroxyl groups excluding tert-OH is 12. The van der Waals surface area contributed by atoms with Crippen molar-refractivity contribution in [3.05, 3.63) is 35.4 Å². The number of urea groups is 1. The Bertz CT molecular complexity index is 2840. The van der Waals surface area contributed by atoms with Crippen LogP contribution in [0.15, 0.2) is 29.4 Å². The first kappa shape index (κ1) is 86.7. The first-order valence-electron chi connectivity index (χ1n) is 34.2. The molecule has 0 radical (unpaired) electrons. The number of amides is 11. The van der Waals surface area contributed by atoms with Crippen LogP contribution in [0.2, 0.25) is 0 Å². The molecular weight excluding hydrogens is 1420 g/mol. The summed E-state index contributed by atoms with van der Waals surface area (Å²) in [6.07, 6.45) is -23.4. The summed E-state index contributed by atoms with van der Waals surface area (Å²) in [5.74, 6) is -5.03. The number of benzene rings is 1. The summed E-state index contributed by atoms with van der Waals surface area (Å²) in [5.41, 5.74) is 0.340. The van der Waals surface area contributed by atoms with Gasteiger partial charge in [0.25, 0.3) is 5.91 Å². The van der Waals surface area contributed by atoms with Gasteiger partial charge in [-0.2, -0.15) is 11.8 Å². The van der Waals surface area contributed by atoms with E-state index in [2.05, 4.69) is 63.6 Å². The fraction of sp³-hybridized carbons (Fsp3) is 0.730. The van der Waals surface area contributed by atoms with E-state index in [0.717, 1.165) is 36.1 Å². The van der Waals surface area contributed by atoms with Gasteiger partial charge in [-0.05, 0) is 37.3 Å². The molecule has 6 rings (SSSR count). The van der Waals surface area contributed by atoms with Crippen molar-refractivity contribution in [2.75, 3.05) is 97.8 Å². The Balaban J connectivity index is 1.02. The Morgan fingerprint density at radius 3 is 1.24 bits per heavy atom. The Hall–Kier alpha value is -7.18. The summed E-state index contributed by atoms with van der Waals surface area (Å²) in [4.78, 5) is 135. The molecule has 5 fully saturated rings. The lowest BCUT2D eigenvalue weighted by Gasteiger charge is -2.39. The lowest BCUT2D eigenvalue weighted by Crippen LogP contribution is -2.59. The molecule has 592 valence electrons. The highest BCUT2D eigenvalue weighted by atomic mass is 32.2. The number of unbranched alkanes of at least 4 members (excludes halogenated alkanes) is 1. The van der Waals surface area contributed by atoms with Crippen LogP contribution < -0.4 is 58.5 Å². The number of hydrogen-bond donors (Lipinski definition) is 23.